The quantitative estimate of drug-likeness (QED) is 0.574. The summed E-state index contributed by atoms with van der Waals surface area (Å²) >= 11 is 0. The predicted molar refractivity (Wildman–Crippen MR) is 56.4 cm³/mol. The van der Waals surface area contributed by atoms with Crippen molar-refractivity contribution in [2.24, 2.45) is 0 Å². The highest BCUT2D eigenvalue weighted by molar-refractivity contribution is 7.80. The van der Waals surface area contributed by atoms with E-state index in [9.17, 15) is 8.42 Å². The molecule has 1 N–H and O–H groups in total. The van der Waals surface area contributed by atoms with Gasteiger partial charge in [0.25, 0.3) is 0 Å². The van der Waals surface area contributed by atoms with Gasteiger partial charge in [-0.2, -0.15) is 8.42 Å². The summed E-state index contributed by atoms with van der Waals surface area (Å²) in [4.78, 5) is 0. The summed E-state index contributed by atoms with van der Waals surface area (Å²) in [6, 6.07) is 0. The summed E-state index contributed by atoms with van der Waals surface area (Å²) in [7, 11) is -1.000. The molecule has 0 bridgehead atoms. The van der Waals surface area contributed by atoms with Gasteiger partial charge in [-0.3, -0.25) is 8.74 Å². The third-order valence-electron chi connectivity index (χ3n) is 2.50. The molecular weight excluding hydrogens is 206 g/mol. The van der Waals surface area contributed by atoms with Crippen LogP contribution >= 0.6 is 0 Å². The molecule has 0 aromatic carbocycles. The average Bonchev–Trinajstić information content (AvgIpc) is 2.16. The van der Waals surface area contributed by atoms with Gasteiger partial charge in [0.05, 0.1) is 33.8 Å². The molecule has 0 heterocycles. The van der Waals surface area contributed by atoms with Crippen molar-refractivity contribution < 1.29 is 21.6 Å². The van der Waals surface area contributed by atoms with E-state index in [1.807, 2.05) is 0 Å². The minimum Gasteiger partial charge on any atom is -0.327 e. The zero-order valence-electron chi connectivity index (χ0n) is 9.65. The third-order valence-corrected chi connectivity index (χ3v) is 2.92. The molecule has 0 radical (unpaired) electrons. The second-order valence-corrected chi connectivity index (χ2v) is 4.35. The lowest BCUT2D eigenvalue weighted by atomic mass is 10.4. The zero-order chi connectivity index (χ0) is 11.8. The van der Waals surface area contributed by atoms with Gasteiger partial charge in [-0.1, -0.05) is 0 Å². The number of rotatable bonds is 4. The molecule has 0 spiro atoms. The fourth-order valence-corrected chi connectivity index (χ4v) is 0.671. The van der Waals surface area contributed by atoms with Crippen molar-refractivity contribution in [1.82, 2.24) is 0 Å². The summed E-state index contributed by atoms with van der Waals surface area (Å²) in [5.74, 6) is 0. The molecule has 0 rings (SSSR count). The summed E-state index contributed by atoms with van der Waals surface area (Å²) in [5, 5.41) is 0. The normalized spacial score (nSPS) is 11.9. The van der Waals surface area contributed by atoms with Crippen molar-refractivity contribution in [3.8, 4) is 0 Å². The fourth-order valence-electron chi connectivity index (χ4n) is 0.671. The number of hydrogen-bond acceptors (Lipinski definition) is 3. The summed E-state index contributed by atoms with van der Waals surface area (Å²) in [6.45, 7) is 10.5. The lowest BCUT2D eigenvalue weighted by Crippen LogP contribution is -2.42. The van der Waals surface area contributed by atoms with E-state index < -0.39 is 10.4 Å². The van der Waals surface area contributed by atoms with E-state index in [0.717, 1.165) is 7.11 Å². The minimum atomic E-state index is -4.16. The molecule has 0 aliphatic rings. The SMILES string of the molecule is CC[N+](C)(CC)CC.COS(=O)(=O)O. The minimum absolute atomic E-state index is 0.870. The Morgan fingerprint density at radius 3 is 1.36 bits per heavy atom. The highest BCUT2D eigenvalue weighted by Crippen LogP contribution is 1.97. The lowest BCUT2D eigenvalue weighted by molar-refractivity contribution is -0.904. The number of hydrogen-bond donors (Lipinski definition) is 1. The van der Waals surface area contributed by atoms with Gasteiger partial charge in [-0.25, -0.2) is 0 Å². The first-order chi connectivity index (χ1) is 6.24. The van der Waals surface area contributed by atoms with Gasteiger partial charge in [0.1, 0.15) is 0 Å². The summed E-state index contributed by atoms with van der Waals surface area (Å²) in [5.41, 5.74) is 0. The molecule has 0 saturated carbocycles. The third kappa shape index (κ3) is 9.91. The Labute approximate surface area is 87.2 Å². The second-order valence-electron chi connectivity index (χ2n) is 3.16. The maximum absolute atomic E-state index is 9.33. The molecule has 0 aliphatic carbocycles. The van der Waals surface area contributed by atoms with Crippen LogP contribution in [0, 0.1) is 0 Å². The zero-order valence-corrected chi connectivity index (χ0v) is 10.5. The fraction of sp³-hybridized carbons (Fsp3) is 1.00. The van der Waals surface area contributed by atoms with Crippen LogP contribution in [0.5, 0.6) is 0 Å². The monoisotopic (exact) mass is 228 g/mol. The van der Waals surface area contributed by atoms with Crippen LogP contribution in [0.15, 0.2) is 0 Å². The molecule has 0 amide bonds. The first-order valence-electron chi connectivity index (χ1n) is 4.61. The number of nitrogens with zero attached hydrogens (tertiary/aromatic N) is 1. The van der Waals surface area contributed by atoms with Crippen LogP contribution in [0.3, 0.4) is 0 Å². The molecule has 0 aromatic rings. The largest absolute Gasteiger partial charge is 0.397 e. The Kier molecular flexibility index (Phi) is 8.33. The topological polar surface area (TPSA) is 63.6 Å². The second kappa shape index (κ2) is 7.17. The molecule has 0 aromatic heterocycles. The van der Waals surface area contributed by atoms with Crippen molar-refractivity contribution in [2.45, 2.75) is 20.8 Å². The van der Waals surface area contributed by atoms with Gasteiger partial charge in [0.15, 0.2) is 0 Å². The first-order valence-corrected chi connectivity index (χ1v) is 5.97. The van der Waals surface area contributed by atoms with Gasteiger partial charge in [0, 0.05) is 0 Å². The Balaban J connectivity index is 0. The molecule has 0 unspecified atom stereocenters. The van der Waals surface area contributed by atoms with Crippen LogP contribution in [-0.4, -0.2) is 51.2 Å². The standard InChI is InChI=1S/C7H18N.CH4O4S/c1-5-8(4,6-2)7-3;1-5-6(2,3)4/h5-7H2,1-4H3;1H3,(H,2,3,4)/q+1;. The first kappa shape index (κ1) is 16.3. The molecule has 0 aliphatic heterocycles. The van der Waals surface area contributed by atoms with Gasteiger partial charge in [-0.15, -0.1) is 0 Å². The van der Waals surface area contributed by atoms with Gasteiger partial charge < -0.3 is 4.48 Å². The Bertz CT molecular complexity index is 213. The van der Waals surface area contributed by atoms with Crippen molar-refractivity contribution in [3.05, 3.63) is 0 Å². The smallest absolute Gasteiger partial charge is 0.327 e. The van der Waals surface area contributed by atoms with Crippen molar-refractivity contribution in [1.29, 1.82) is 0 Å². The van der Waals surface area contributed by atoms with E-state index in [-0.39, 0.29) is 0 Å². The molecular formula is C8H22NO4S+. The highest BCUT2D eigenvalue weighted by atomic mass is 32.3. The molecule has 0 saturated heterocycles. The summed E-state index contributed by atoms with van der Waals surface area (Å²) in [6.07, 6.45) is 0. The van der Waals surface area contributed by atoms with E-state index >= 15 is 0 Å². The van der Waals surface area contributed by atoms with Crippen LogP contribution in [0.4, 0.5) is 0 Å². The molecule has 6 heteroatoms. The van der Waals surface area contributed by atoms with E-state index in [2.05, 4.69) is 32.0 Å². The van der Waals surface area contributed by atoms with Crippen molar-refractivity contribution in [2.75, 3.05) is 33.8 Å². The van der Waals surface area contributed by atoms with Crippen molar-refractivity contribution in [3.63, 3.8) is 0 Å². The van der Waals surface area contributed by atoms with Gasteiger partial charge in [-0.05, 0) is 20.8 Å². The highest BCUT2D eigenvalue weighted by Gasteiger charge is 2.10. The Hall–Kier alpha value is -0.170. The maximum Gasteiger partial charge on any atom is 0.397 e. The molecule has 0 fully saturated rings. The van der Waals surface area contributed by atoms with Crippen LogP contribution in [0.1, 0.15) is 20.8 Å². The van der Waals surface area contributed by atoms with Crippen LogP contribution < -0.4 is 0 Å². The molecule has 0 atom stereocenters. The predicted octanol–water partition coefficient (Wildman–Crippen LogP) is 0.928. The van der Waals surface area contributed by atoms with E-state index in [0.29, 0.717) is 0 Å². The van der Waals surface area contributed by atoms with Crippen LogP contribution in [0.25, 0.3) is 0 Å². The Morgan fingerprint density at radius 2 is 1.36 bits per heavy atom. The van der Waals surface area contributed by atoms with E-state index in [1.165, 1.54) is 24.1 Å². The molecule has 5 nitrogen and oxygen atoms in total. The van der Waals surface area contributed by atoms with E-state index in [1.54, 1.807) is 0 Å². The summed E-state index contributed by atoms with van der Waals surface area (Å²) < 4.78 is 30.9. The lowest BCUT2D eigenvalue weighted by Gasteiger charge is -2.30. The van der Waals surface area contributed by atoms with Crippen LogP contribution in [0.2, 0.25) is 0 Å². The van der Waals surface area contributed by atoms with Crippen LogP contribution in [-0.2, 0) is 14.6 Å². The van der Waals surface area contributed by atoms with Crippen molar-refractivity contribution >= 4 is 10.4 Å². The Morgan fingerprint density at radius 1 is 1.14 bits per heavy atom. The molecule has 88 valence electrons. The maximum atomic E-state index is 9.33. The molecule has 14 heavy (non-hydrogen) atoms. The average molecular weight is 228 g/mol. The number of quaternary nitrogens is 1. The van der Waals surface area contributed by atoms with Gasteiger partial charge >= 0.3 is 10.4 Å². The van der Waals surface area contributed by atoms with Gasteiger partial charge in [0.2, 0.25) is 0 Å². The van der Waals surface area contributed by atoms with E-state index in [4.69, 9.17) is 4.55 Å².